The summed E-state index contributed by atoms with van der Waals surface area (Å²) < 4.78 is 9.31. The van der Waals surface area contributed by atoms with Gasteiger partial charge >= 0.3 is 0 Å². The van der Waals surface area contributed by atoms with Gasteiger partial charge < -0.3 is 15.0 Å². The lowest BCUT2D eigenvalue weighted by molar-refractivity contribution is -0.117. The first-order valence-corrected chi connectivity index (χ1v) is 8.02. The maximum atomic E-state index is 11.8. The Morgan fingerprint density at radius 1 is 1.45 bits per heavy atom. The number of benzene rings is 1. The Morgan fingerprint density at radius 2 is 2.36 bits per heavy atom. The second kappa shape index (κ2) is 6.85. The van der Waals surface area contributed by atoms with Gasteiger partial charge in [-0.2, -0.15) is 4.37 Å². The molecule has 22 heavy (non-hydrogen) atoms. The summed E-state index contributed by atoms with van der Waals surface area (Å²) in [4.78, 5) is 18.1. The SMILES string of the molecule is COCCc1nsc(Nc2cccc(N3CCCC3=O)c2)n1. The van der Waals surface area contributed by atoms with Crippen LogP contribution >= 0.6 is 11.5 Å². The van der Waals surface area contributed by atoms with Crippen LogP contribution in [0.5, 0.6) is 0 Å². The summed E-state index contributed by atoms with van der Waals surface area (Å²) in [5.41, 5.74) is 1.84. The molecule has 0 aliphatic carbocycles. The fraction of sp³-hybridized carbons (Fsp3) is 0.400. The van der Waals surface area contributed by atoms with E-state index in [1.807, 2.05) is 29.2 Å². The lowest BCUT2D eigenvalue weighted by Gasteiger charge is -2.16. The second-order valence-corrected chi connectivity index (χ2v) is 5.83. The molecule has 1 saturated heterocycles. The van der Waals surface area contributed by atoms with E-state index in [1.165, 1.54) is 11.5 Å². The van der Waals surface area contributed by atoms with Crippen LogP contribution in [-0.2, 0) is 16.0 Å². The van der Waals surface area contributed by atoms with E-state index in [4.69, 9.17) is 4.74 Å². The molecule has 2 aromatic rings. The number of nitrogens with zero attached hydrogens (tertiary/aromatic N) is 3. The normalized spacial score (nSPS) is 14.6. The number of carbonyl (C=O) groups is 1. The van der Waals surface area contributed by atoms with Crippen LogP contribution in [0.2, 0.25) is 0 Å². The fourth-order valence-electron chi connectivity index (χ4n) is 2.40. The highest BCUT2D eigenvalue weighted by molar-refractivity contribution is 7.09. The summed E-state index contributed by atoms with van der Waals surface area (Å²) >= 11 is 1.33. The number of rotatable bonds is 6. The number of nitrogens with one attached hydrogen (secondary N) is 1. The number of hydrogen-bond acceptors (Lipinski definition) is 6. The molecule has 0 atom stereocenters. The summed E-state index contributed by atoms with van der Waals surface area (Å²) in [5, 5.41) is 3.99. The summed E-state index contributed by atoms with van der Waals surface area (Å²) in [7, 11) is 1.66. The zero-order chi connectivity index (χ0) is 15.4. The van der Waals surface area contributed by atoms with E-state index in [0.29, 0.717) is 19.4 Å². The van der Waals surface area contributed by atoms with E-state index < -0.39 is 0 Å². The molecule has 1 fully saturated rings. The molecule has 0 unspecified atom stereocenters. The summed E-state index contributed by atoms with van der Waals surface area (Å²) in [6.07, 6.45) is 2.27. The van der Waals surface area contributed by atoms with Crippen molar-refractivity contribution in [2.75, 3.05) is 30.5 Å². The molecule has 1 amide bonds. The van der Waals surface area contributed by atoms with Crippen LogP contribution in [0.15, 0.2) is 24.3 Å². The first-order valence-electron chi connectivity index (χ1n) is 7.25. The standard InChI is InChI=1S/C15H18N4O2S/c1-21-9-7-13-17-15(22-18-13)16-11-4-2-5-12(10-11)19-8-3-6-14(19)20/h2,4-5,10H,3,6-9H2,1H3,(H,16,17,18). The van der Waals surface area contributed by atoms with Crippen molar-refractivity contribution in [2.45, 2.75) is 19.3 Å². The van der Waals surface area contributed by atoms with Crippen LogP contribution in [0.4, 0.5) is 16.5 Å². The van der Waals surface area contributed by atoms with Crippen LogP contribution in [0.25, 0.3) is 0 Å². The molecule has 0 saturated carbocycles. The van der Waals surface area contributed by atoms with Gasteiger partial charge in [0.05, 0.1) is 6.61 Å². The molecule has 0 bridgehead atoms. The molecule has 2 heterocycles. The van der Waals surface area contributed by atoms with Crippen molar-refractivity contribution in [1.29, 1.82) is 0 Å². The summed E-state index contributed by atoms with van der Waals surface area (Å²) in [6, 6.07) is 7.83. The number of carbonyl (C=O) groups excluding carboxylic acids is 1. The van der Waals surface area contributed by atoms with Crippen LogP contribution in [0, 0.1) is 0 Å². The smallest absolute Gasteiger partial charge is 0.227 e. The Morgan fingerprint density at radius 3 is 3.14 bits per heavy atom. The van der Waals surface area contributed by atoms with Gasteiger partial charge in [-0.25, -0.2) is 4.98 Å². The van der Waals surface area contributed by atoms with E-state index in [-0.39, 0.29) is 5.91 Å². The van der Waals surface area contributed by atoms with Crippen molar-refractivity contribution in [1.82, 2.24) is 9.36 Å². The highest BCUT2D eigenvalue weighted by Gasteiger charge is 2.21. The second-order valence-electron chi connectivity index (χ2n) is 5.08. The van der Waals surface area contributed by atoms with Crippen molar-refractivity contribution in [2.24, 2.45) is 0 Å². The summed E-state index contributed by atoms with van der Waals surface area (Å²) in [5.74, 6) is 0.968. The third kappa shape index (κ3) is 3.42. The molecule has 0 radical (unpaired) electrons. The van der Waals surface area contributed by atoms with Crippen molar-refractivity contribution in [3.8, 4) is 0 Å². The molecule has 1 N–H and O–H groups in total. The zero-order valence-electron chi connectivity index (χ0n) is 12.4. The molecule has 116 valence electrons. The van der Waals surface area contributed by atoms with Crippen molar-refractivity contribution in [3.05, 3.63) is 30.1 Å². The van der Waals surface area contributed by atoms with Gasteiger partial charge in [-0.1, -0.05) is 6.07 Å². The minimum atomic E-state index is 0.190. The number of amides is 1. The van der Waals surface area contributed by atoms with Crippen LogP contribution in [0.1, 0.15) is 18.7 Å². The molecule has 1 aliphatic heterocycles. The Kier molecular flexibility index (Phi) is 4.65. The maximum absolute atomic E-state index is 11.8. The molecular formula is C15H18N4O2S. The molecule has 3 rings (SSSR count). The van der Waals surface area contributed by atoms with E-state index in [1.54, 1.807) is 7.11 Å². The van der Waals surface area contributed by atoms with Crippen molar-refractivity contribution < 1.29 is 9.53 Å². The first-order chi connectivity index (χ1) is 10.8. The average molecular weight is 318 g/mol. The van der Waals surface area contributed by atoms with E-state index >= 15 is 0 Å². The van der Waals surface area contributed by atoms with E-state index in [0.717, 1.165) is 35.3 Å². The van der Waals surface area contributed by atoms with E-state index in [2.05, 4.69) is 14.7 Å². The van der Waals surface area contributed by atoms with Gasteiger partial charge in [0, 0.05) is 49.4 Å². The Hall–Kier alpha value is -1.99. The number of ether oxygens (including phenoxy) is 1. The first kappa shape index (κ1) is 14.9. The molecule has 1 aliphatic rings. The minimum Gasteiger partial charge on any atom is -0.384 e. The third-order valence-electron chi connectivity index (χ3n) is 3.48. The van der Waals surface area contributed by atoms with Gasteiger partial charge in [0.2, 0.25) is 11.0 Å². The molecule has 7 heteroatoms. The van der Waals surface area contributed by atoms with Gasteiger partial charge in [-0.3, -0.25) is 4.79 Å². The Labute approximate surface area is 133 Å². The highest BCUT2D eigenvalue weighted by Crippen LogP contribution is 2.26. The lowest BCUT2D eigenvalue weighted by Crippen LogP contribution is -2.23. The number of methoxy groups -OCH3 is 1. The molecular weight excluding hydrogens is 300 g/mol. The van der Waals surface area contributed by atoms with Gasteiger partial charge in [0.25, 0.3) is 0 Å². The van der Waals surface area contributed by atoms with Gasteiger partial charge in [-0.05, 0) is 24.6 Å². The average Bonchev–Trinajstić information content (AvgIpc) is 3.14. The number of anilines is 3. The van der Waals surface area contributed by atoms with Crippen molar-refractivity contribution >= 4 is 33.9 Å². The Balaban J connectivity index is 1.70. The number of hydrogen-bond donors (Lipinski definition) is 1. The predicted octanol–water partition coefficient (Wildman–Crippen LogP) is 2.60. The third-order valence-corrected chi connectivity index (χ3v) is 4.15. The lowest BCUT2D eigenvalue weighted by atomic mass is 10.2. The molecule has 1 aromatic carbocycles. The van der Waals surface area contributed by atoms with Crippen molar-refractivity contribution in [3.63, 3.8) is 0 Å². The highest BCUT2D eigenvalue weighted by atomic mass is 32.1. The zero-order valence-corrected chi connectivity index (χ0v) is 13.2. The minimum absolute atomic E-state index is 0.190. The Bertz CT molecular complexity index is 658. The topological polar surface area (TPSA) is 67.3 Å². The monoisotopic (exact) mass is 318 g/mol. The largest absolute Gasteiger partial charge is 0.384 e. The van der Waals surface area contributed by atoms with Crippen LogP contribution < -0.4 is 10.2 Å². The van der Waals surface area contributed by atoms with Crippen LogP contribution in [0.3, 0.4) is 0 Å². The fourth-order valence-corrected chi connectivity index (χ4v) is 3.03. The van der Waals surface area contributed by atoms with Gasteiger partial charge in [0.15, 0.2) is 0 Å². The number of aromatic nitrogens is 2. The molecule has 1 aromatic heterocycles. The van der Waals surface area contributed by atoms with Crippen LogP contribution in [-0.4, -0.2) is 35.5 Å². The predicted molar refractivity (Wildman–Crippen MR) is 86.8 cm³/mol. The maximum Gasteiger partial charge on any atom is 0.227 e. The quantitative estimate of drug-likeness (QED) is 0.887. The molecule has 0 spiro atoms. The molecule has 6 nitrogen and oxygen atoms in total. The van der Waals surface area contributed by atoms with Gasteiger partial charge in [-0.15, -0.1) is 0 Å². The summed E-state index contributed by atoms with van der Waals surface area (Å²) in [6.45, 7) is 1.41. The van der Waals surface area contributed by atoms with Gasteiger partial charge in [0.1, 0.15) is 5.82 Å². The van der Waals surface area contributed by atoms with E-state index in [9.17, 15) is 4.79 Å².